The molecule has 28 heavy (non-hydrogen) atoms. The molecule has 0 saturated carbocycles. The van der Waals surface area contributed by atoms with E-state index >= 15 is 0 Å². The van der Waals surface area contributed by atoms with Crippen LogP contribution in [0, 0.1) is 0 Å². The Morgan fingerprint density at radius 1 is 0.714 bits per heavy atom. The van der Waals surface area contributed by atoms with Crippen molar-refractivity contribution in [3.05, 3.63) is 12.2 Å². The van der Waals surface area contributed by atoms with E-state index in [2.05, 4.69) is 37.8 Å². The fraction of sp³-hybridized carbons (Fsp3) is 0.880. The van der Waals surface area contributed by atoms with E-state index in [9.17, 15) is 4.79 Å². The largest absolute Gasteiger partial charge is 0.466 e. The number of hydrogen-bond donors (Lipinski definition) is 0. The molecule has 0 heterocycles. The van der Waals surface area contributed by atoms with Crippen LogP contribution in [0.4, 0.5) is 0 Å². The van der Waals surface area contributed by atoms with Gasteiger partial charge in [-0.3, -0.25) is 4.79 Å². The molecule has 0 amide bonds. The zero-order valence-electron chi connectivity index (χ0n) is 19.4. The molecule has 0 N–H and O–H groups in total. The van der Waals surface area contributed by atoms with Crippen LogP contribution in [0.25, 0.3) is 0 Å². The molecule has 0 bridgehead atoms. The van der Waals surface area contributed by atoms with Gasteiger partial charge in [-0.2, -0.15) is 0 Å². The van der Waals surface area contributed by atoms with Gasteiger partial charge in [0.15, 0.2) is 0 Å². The summed E-state index contributed by atoms with van der Waals surface area (Å²) in [6, 6.07) is 0. The summed E-state index contributed by atoms with van der Waals surface area (Å²) in [5.74, 6) is -0.0165. The van der Waals surface area contributed by atoms with Crippen LogP contribution in [-0.4, -0.2) is 37.1 Å². The highest BCUT2D eigenvalue weighted by Crippen LogP contribution is 2.10. The normalized spacial score (nSPS) is 11.6. The van der Waals surface area contributed by atoms with Crippen molar-refractivity contribution < 1.29 is 9.53 Å². The van der Waals surface area contributed by atoms with Gasteiger partial charge in [0.1, 0.15) is 0 Å². The van der Waals surface area contributed by atoms with E-state index in [1.807, 2.05) is 0 Å². The van der Waals surface area contributed by atoms with E-state index < -0.39 is 0 Å². The average molecular weight is 396 g/mol. The summed E-state index contributed by atoms with van der Waals surface area (Å²) >= 11 is 0. The standard InChI is InChI=1S/C25H49NO2/c1-4-7-8-9-10-11-12-13-14-15-16-17-18-19-20-22-25(27)28-24-21-23-26(5-2)6-3/h13-14H,4-12,15-24H2,1-3H3/b14-13-. The summed E-state index contributed by atoms with van der Waals surface area (Å²) in [7, 11) is 0. The van der Waals surface area contributed by atoms with Gasteiger partial charge in [0, 0.05) is 13.0 Å². The minimum atomic E-state index is -0.0165. The zero-order chi connectivity index (χ0) is 20.7. The lowest BCUT2D eigenvalue weighted by Gasteiger charge is -2.17. The Kier molecular flexibility index (Phi) is 21.8. The molecule has 0 aromatic rings. The number of esters is 1. The van der Waals surface area contributed by atoms with Crippen molar-refractivity contribution in [1.82, 2.24) is 4.90 Å². The third-order valence-corrected chi connectivity index (χ3v) is 5.42. The van der Waals surface area contributed by atoms with E-state index in [-0.39, 0.29) is 5.97 Å². The summed E-state index contributed by atoms with van der Waals surface area (Å²) in [6.45, 7) is 10.3. The summed E-state index contributed by atoms with van der Waals surface area (Å²) in [5.41, 5.74) is 0. The molecule has 0 spiro atoms. The molecule has 0 aliphatic rings. The van der Waals surface area contributed by atoms with Gasteiger partial charge in [-0.1, -0.05) is 84.3 Å². The lowest BCUT2D eigenvalue weighted by molar-refractivity contribution is -0.143. The van der Waals surface area contributed by atoms with E-state index in [4.69, 9.17) is 4.74 Å². The first-order chi connectivity index (χ1) is 13.7. The summed E-state index contributed by atoms with van der Waals surface area (Å²) in [4.78, 5) is 14.1. The van der Waals surface area contributed by atoms with Gasteiger partial charge in [-0.25, -0.2) is 0 Å². The van der Waals surface area contributed by atoms with Crippen LogP contribution in [0.15, 0.2) is 12.2 Å². The number of ether oxygens (including phenoxy) is 1. The van der Waals surface area contributed by atoms with E-state index in [0.717, 1.165) is 38.9 Å². The van der Waals surface area contributed by atoms with E-state index in [1.54, 1.807) is 0 Å². The maximum Gasteiger partial charge on any atom is 0.305 e. The Bertz CT molecular complexity index is 350. The van der Waals surface area contributed by atoms with Crippen LogP contribution in [0.1, 0.15) is 117 Å². The minimum Gasteiger partial charge on any atom is -0.466 e. The Labute approximate surface area is 176 Å². The molecule has 0 aromatic heterocycles. The number of nitrogens with zero attached hydrogens (tertiary/aromatic N) is 1. The van der Waals surface area contributed by atoms with Gasteiger partial charge in [0.25, 0.3) is 0 Å². The number of carbonyl (C=O) groups excluding carboxylic acids is 1. The fourth-order valence-electron chi connectivity index (χ4n) is 3.43. The summed E-state index contributed by atoms with van der Waals surface area (Å²) < 4.78 is 5.33. The second kappa shape index (κ2) is 22.5. The van der Waals surface area contributed by atoms with Gasteiger partial charge in [-0.05, 0) is 51.6 Å². The molecule has 0 aliphatic carbocycles. The number of carbonyl (C=O) groups is 1. The average Bonchev–Trinajstić information content (AvgIpc) is 2.71. The van der Waals surface area contributed by atoms with Crippen LogP contribution >= 0.6 is 0 Å². The van der Waals surface area contributed by atoms with Gasteiger partial charge in [0.2, 0.25) is 0 Å². The van der Waals surface area contributed by atoms with Crippen molar-refractivity contribution in [1.29, 1.82) is 0 Å². The zero-order valence-corrected chi connectivity index (χ0v) is 19.4. The summed E-state index contributed by atoms with van der Waals surface area (Å²) in [6.07, 6.45) is 22.9. The lowest BCUT2D eigenvalue weighted by atomic mass is 10.1. The molecule has 0 aliphatic heterocycles. The molecular formula is C25H49NO2. The van der Waals surface area contributed by atoms with Crippen LogP contribution in [0.2, 0.25) is 0 Å². The molecule has 0 aromatic carbocycles. The number of hydrogen-bond acceptors (Lipinski definition) is 3. The van der Waals surface area contributed by atoms with Gasteiger partial charge in [-0.15, -0.1) is 0 Å². The molecule has 0 unspecified atom stereocenters. The summed E-state index contributed by atoms with van der Waals surface area (Å²) in [5, 5.41) is 0. The van der Waals surface area contributed by atoms with Gasteiger partial charge >= 0.3 is 5.97 Å². The Morgan fingerprint density at radius 2 is 1.25 bits per heavy atom. The van der Waals surface area contributed by atoms with Crippen LogP contribution in [0.5, 0.6) is 0 Å². The third kappa shape index (κ3) is 19.9. The Morgan fingerprint density at radius 3 is 1.82 bits per heavy atom. The topological polar surface area (TPSA) is 29.5 Å². The van der Waals surface area contributed by atoms with Crippen molar-refractivity contribution in [2.45, 2.75) is 117 Å². The van der Waals surface area contributed by atoms with E-state index in [1.165, 1.54) is 70.6 Å². The maximum absolute atomic E-state index is 11.7. The Hall–Kier alpha value is -0.830. The highest BCUT2D eigenvalue weighted by atomic mass is 16.5. The quantitative estimate of drug-likeness (QED) is 0.116. The first-order valence-electron chi connectivity index (χ1n) is 12.3. The second-order valence-electron chi connectivity index (χ2n) is 7.94. The third-order valence-electron chi connectivity index (χ3n) is 5.42. The first-order valence-corrected chi connectivity index (χ1v) is 12.3. The molecular weight excluding hydrogens is 346 g/mol. The smallest absolute Gasteiger partial charge is 0.305 e. The number of unbranched alkanes of at least 4 members (excludes halogenated alkanes) is 11. The molecule has 3 heteroatoms. The molecule has 0 radical (unpaired) electrons. The first kappa shape index (κ1) is 27.2. The molecule has 0 atom stereocenters. The lowest BCUT2D eigenvalue weighted by Crippen LogP contribution is -2.25. The monoisotopic (exact) mass is 395 g/mol. The van der Waals surface area contributed by atoms with Crippen molar-refractivity contribution in [3.63, 3.8) is 0 Å². The number of allylic oxidation sites excluding steroid dienone is 2. The molecule has 0 saturated heterocycles. The highest BCUT2D eigenvalue weighted by molar-refractivity contribution is 5.69. The van der Waals surface area contributed by atoms with Gasteiger partial charge < -0.3 is 9.64 Å². The minimum absolute atomic E-state index is 0.0165. The second-order valence-corrected chi connectivity index (χ2v) is 7.94. The predicted octanol–water partition coefficient (Wildman–Crippen LogP) is 7.30. The fourth-order valence-corrected chi connectivity index (χ4v) is 3.43. The maximum atomic E-state index is 11.7. The van der Waals surface area contributed by atoms with Crippen LogP contribution < -0.4 is 0 Å². The van der Waals surface area contributed by atoms with Crippen molar-refractivity contribution in [3.8, 4) is 0 Å². The van der Waals surface area contributed by atoms with E-state index in [0.29, 0.717) is 13.0 Å². The van der Waals surface area contributed by atoms with Crippen LogP contribution in [0.3, 0.4) is 0 Å². The Balaban J connectivity index is 3.27. The predicted molar refractivity (Wildman–Crippen MR) is 123 cm³/mol. The molecule has 166 valence electrons. The van der Waals surface area contributed by atoms with Crippen LogP contribution in [-0.2, 0) is 9.53 Å². The molecule has 0 fully saturated rings. The molecule has 0 rings (SSSR count). The highest BCUT2D eigenvalue weighted by Gasteiger charge is 2.03. The van der Waals surface area contributed by atoms with Crippen molar-refractivity contribution >= 4 is 5.97 Å². The SMILES string of the molecule is CCCCCCCC/C=C\CCCCCCCC(=O)OCCCN(CC)CC. The van der Waals surface area contributed by atoms with Crippen molar-refractivity contribution in [2.75, 3.05) is 26.2 Å². The number of rotatable bonds is 21. The van der Waals surface area contributed by atoms with Crippen molar-refractivity contribution in [2.24, 2.45) is 0 Å². The molecule has 3 nitrogen and oxygen atoms in total. The van der Waals surface area contributed by atoms with Gasteiger partial charge in [0.05, 0.1) is 6.61 Å².